The number of rotatable bonds is 5. The standard InChI is InChI=1S/C24H25N3O4/c1-2-16-8-5-6-9-19(16)26-22(28)15-31-24(30)17-11-12-18-20(14-17)25-21-10-4-3-7-13-27(21)23(18)29/h5-6,8-9,11-12,14H,2-4,7,10,13,15H2,1H3,(H,26,28). The van der Waals surface area contributed by atoms with Crippen LogP contribution in [0, 0.1) is 0 Å². The van der Waals surface area contributed by atoms with E-state index in [0.717, 1.165) is 43.5 Å². The summed E-state index contributed by atoms with van der Waals surface area (Å²) in [4.78, 5) is 42.1. The van der Waals surface area contributed by atoms with Crippen molar-refractivity contribution >= 4 is 28.5 Å². The number of para-hydroxylation sites is 1. The smallest absolute Gasteiger partial charge is 0.338 e. The quantitative estimate of drug-likeness (QED) is 0.640. The van der Waals surface area contributed by atoms with Gasteiger partial charge in [-0.25, -0.2) is 9.78 Å². The average Bonchev–Trinajstić information content (AvgIpc) is 3.03. The molecule has 1 N–H and O–H groups in total. The largest absolute Gasteiger partial charge is 0.452 e. The molecule has 160 valence electrons. The Kier molecular flexibility index (Phi) is 6.11. The number of benzene rings is 2. The summed E-state index contributed by atoms with van der Waals surface area (Å²) < 4.78 is 6.93. The SMILES string of the molecule is CCc1ccccc1NC(=O)COC(=O)c1ccc2c(=O)n3c(nc2c1)CCCCC3. The number of carbonyl (C=O) groups is 2. The predicted molar refractivity (Wildman–Crippen MR) is 118 cm³/mol. The third kappa shape index (κ3) is 4.50. The number of anilines is 1. The van der Waals surface area contributed by atoms with Gasteiger partial charge in [-0.2, -0.15) is 0 Å². The Bertz CT molecular complexity index is 1200. The minimum Gasteiger partial charge on any atom is -0.452 e. The fraction of sp³-hybridized carbons (Fsp3) is 0.333. The zero-order valence-corrected chi connectivity index (χ0v) is 17.5. The molecule has 4 rings (SSSR count). The summed E-state index contributed by atoms with van der Waals surface area (Å²) in [5.74, 6) is -0.274. The fourth-order valence-corrected chi connectivity index (χ4v) is 3.90. The maximum absolute atomic E-state index is 12.8. The highest BCUT2D eigenvalue weighted by Crippen LogP contribution is 2.17. The van der Waals surface area contributed by atoms with E-state index in [1.54, 1.807) is 22.8 Å². The molecule has 0 fully saturated rings. The molecule has 0 bridgehead atoms. The molecule has 0 unspecified atom stereocenters. The van der Waals surface area contributed by atoms with Crippen LogP contribution in [0.2, 0.25) is 0 Å². The number of ether oxygens (including phenoxy) is 1. The summed E-state index contributed by atoms with van der Waals surface area (Å²) in [5.41, 5.74) is 2.39. The van der Waals surface area contributed by atoms with Crippen LogP contribution >= 0.6 is 0 Å². The van der Waals surface area contributed by atoms with Crippen molar-refractivity contribution < 1.29 is 14.3 Å². The van der Waals surface area contributed by atoms with Crippen molar-refractivity contribution in [2.45, 2.75) is 45.6 Å². The van der Waals surface area contributed by atoms with E-state index in [1.165, 1.54) is 0 Å². The van der Waals surface area contributed by atoms with E-state index in [2.05, 4.69) is 10.3 Å². The number of hydrogen-bond acceptors (Lipinski definition) is 5. The summed E-state index contributed by atoms with van der Waals surface area (Å²) in [6, 6.07) is 12.2. The molecule has 0 saturated heterocycles. The molecule has 1 amide bonds. The topological polar surface area (TPSA) is 90.3 Å². The molecule has 3 aromatic rings. The van der Waals surface area contributed by atoms with Crippen molar-refractivity contribution in [3.63, 3.8) is 0 Å². The van der Waals surface area contributed by atoms with Crippen LogP contribution in [-0.2, 0) is 28.9 Å². The number of aryl methyl sites for hydroxylation is 2. The lowest BCUT2D eigenvalue weighted by Gasteiger charge is -2.11. The van der Waals surface area contributed by atoms with Crippen molar-refractivity contribution in [1.82, 2.24) is 9.55 Å². The van der Waals surface area contributed by atoms with E-state index in [4.69, 9.17) is 4.74 Å². The van der Waals surface area contributed by atoms with Crippen LogP contribution in [0.15, 0.2) is 47.3 Å². The first-order chi connectivity index (χ1) is 15.1. The normalized spacial score (nSPS) is 13.3. The molecule has 1 aliphatic rings. The second-order valence-corrected chi connectivity index (χ2v) is 7.66. The Morgan fingerprint density at radius 1 is 1.13 bits per heavy atom. The number of aromatic nitrogens is 2. The molecule has 2 heterocycles. The minimum absolute atomic E-state index is 0.0733. The molecule has 31 heavy (non-hydrogen) atoms. The van der Waals surface area contributed by atoms with Gasteiger partial charge in [0.15, 0.2) is 6.61 Å². The van der Waals surface area contributed by atoms with E-state index in [-0.39, 0.29) is 11.1 Å². The van der Waals surface area contributed by atoms with Gasteiger partial charge >= 0.3 is 5.97 Å². The Labute approximate surface area is 180 Å². The van der Waals surface area contributed by atoms with Crippen molar-refractivity contribution in [3.05, 3.63) is 69.8 Å². The summed E-state index contributed by atoms with van der Waals surface area (Å²) in [5, 5.41) is 3.26. The Morgan fingerprint density at radius 3 is 2.81 bits per heavy atom. The first-order valence-corrected chi connectivity index (χ1v) is 10.6. The summed E-state index contributed by atoms with van der Waals surface area (Å²) >= 11 is 0. The first-order valence-electron chi connectivity index (χ1n) is 10.6. The number of fused-ring (bicyclic) bond motifs is 2. The van der Waals surface area contributed by atoms with E-state index in [0.29, 0.717) is 23.1 Å². The first kappa shape index (κ1) is 20.8. The third-order valence-electron chi connectivity index (χ3n) is 5.56. The molecule has 1 aliphatic heterocycles. The number of hydrogen-bond donors (Lipinski definition) is 1. The van der Waals surface area contributed by atoms with Crippen LogP contribution in [0.25, 0.3) is 10.9 Å². The molecule has 7 heteroatoms. The highest BCUT2D eigenvalue weighted by Gasteiger charge is 2.16. The molecular formula is C24H25N3O4. The van der Waals surface area contributed by atoms with E-state index in [9.17, 15) is 14.4 Å². The van der Waals surface area contributed by atoms with Gasteiger partial charge in [0.2, 0.25) is 0 Å². The number of nitrogens with one attached hydrogen (secondary N) is 1. The molecule has 0 saturated carbocycles. The maximum atomic E-state index is 12.8. The Morgan fingerprint density at radius 2 is 1.97 bits per heavy atom. The minimum atomic E-state index is -0.627. The molecule has 0 aliphatic carbocycles. The van der Waals surface area contributed by atoms with Gasteiger partial charge in [-0.05, 0) is 49.1 Å². The Balaban J connectivity index is 1.47. The van der Waals surface area contributed by atoms with Crippen LogP contribution < -0.4 is 10.9 Å². The molecule has 7 nitrogen and oxygen atoms in total. The average molecular weight is 419 g/mol. The van der Waals surface area contributed by atoms with Gasteiger partial charge in [-0.1, -0.05) is 31.5 Å². The third-order valence-corrected chi connectivity index (χ3v) is 5.56. The lowest BCUT2D eigenvalue weighted by molar-refractivity contribution is -0.119. The fourth-order valence-electron chi connectivity index (χ4n) is 3.90. The van der Waals surface area contributed by atoms with Crippen molar-refractivity contribution in [3.8, 4) is 0 Å². The van der Waals surface area contributed by atoms with E-state index >= 15 is 0 Å². The van der Waals surface area contributed by atoms with Gasteiger partial charge in [-0.3, -0.25) is 14.2 Å². The Hall–Kier alpha value is -3.48. The van der Waals surface area contributed by atoms with Gasteiger partial charge in [0.25, 0.3) is 11.5 Å². The van der Waals surface area contributed by atoms with Crippen LogP contribution in [0.4, 0.5) is 5.69 Å². The highest BCUT2D eigenvalue weighted by atomic mass is 16.5. The zero-order chi connectivity index (χ0) is 21.8. The second-order valence-electron chi connectivity index (χ2n) is 7.66. The van der Waals surface area contributed by atoms with Gasteiger partial charge in [0.05, 0.1) is 16.5 Å². The molecule has 2 aromatic carbocycles. The highest BCUT2D eigenvalue weighted by molar-refractivity contribution is 5.97. The van der Waals surface area contributed by atoms with Crippen LogP contribution in [0.5, 0.6) is 0 Å². The summed E-state index contributed by atoms with van der Waals surface area (Å²) in [6.07, 6.45) is 4.57. The zero-order valence-electron chi connectivity index (χ0n) is 17.5. The summed E-state index contributed by atoms with van der Waals surface area (Å²) in [7, 11) is 0. The molecule has 1 aromatic heterocycles. The van der Waals surface area contributed by atoms with Gasteiger partial charge in [0, 0.05) is 18.7 Å². The molecule has 0 radical (unpaired) electrons. The molecule has 0 atom stereocenters. The lowest BCUT2D eigenvalue weighted by atomic mass is 10.1. The van der Waals surface area contributed by atoms with Crippen LogP contribution in [0.3, 0.4) is 0 Å². The number of carbonyl (C=O) groups excluding carboxylic acids is 2. The van der Waals surface area contributed by atoms with E-state index < -0.39 is 18.5 Å². The van der Waals surface area contributed by atoms with Gasteiger partial charge in [0.1, 0.15) is 5.82 Å². The number of amides is 1. The van der Waals surface area contributed by atoms with Gasteiger partial charge in [-0.15, -0.1) is 0 Å². The second kappa shape index (κ2) is 9.12. The monoisotopic (exact) mass is 419 g/mol. The number of nitrogens with zero attached hydrogens (tertiary/aromatic N) is 2. The molecule has 0 spiro atoms. The van der Waals surface area contributed by atoms with Crippen molar-refractivity contribution in [1.29, 1.82) is 0 Å². The van der Waals surface area contributed by atoms with Crippen molar-refractivity contribution in [2.24, 2.45) is 0 Å². The van der Waals surface area contributed by atoms with E-state index in [1.807, 2.05) is 31.2 Å². The molecular weight excluding hydrogens is 394 g/mol. The van der Waals surface area contributed by atoms with Crippen LogP contribution in [-0.4, -0.2) is 28.0 Å². The summed E-state index contributed by atoms with van der Waals surface area (Å²) in [6.45, 7) is 2.29. The van der Waals surface area contributed by atoms with Crippen molar-refractivity contribution in [2.75, 3.05) is 11.9 Å². The number of esters is 1. The predicted octanol–water partition coefficient (Wildman–Crippen LogP) is 3.48. The maximum Gasteiger partial charge on any atom is 0.338 e. The van der Waals surface area contributed by atoms with Crippen LogP contribution in [0.1, 0.15) is 47.9 Å². The van der Waals surface area contributed by atoms with Gasteiger partial charge < -0.3 is 10.1 Å². The lowest BCUT2D eigenvalue weighted by Crippen LogP contribution is -2.25.